The highest BCUT2D eigenvalue weighted by Gasteiger charge is 2.04. The fourth-order valence-corrected chi connectivity index (χ4v) is 1.15. The van der Waals surface area contributed by atoms with Crippen molar-refractivity contribution in [2.75, 3.05) is 19.0 Å². The van der Waals surface area contributed by atoms with Crippen LogP contribution in [-0.2, 0) is 0 Å². The normalized spacial score (nSPS) is 12.3. The van der Waals surface area contributed by atoms with Gasteiger partial charge in [0.05, 0.1) is 12.5 Å². The fraction of sp³-hybridized carbons (Fsp3) is 0.600. The summed E-state index contributed by atoms with van der Waals surface area (Å²) in [6.45, 7) is 4.59. The van der Waals surface area contributed by atoms with Crippen LogP contribution in [-0.4, -0.2) is 29.0 Å². The Morgan fingerprint density at radius 3 is 2.87 bits per heavy atom. The van der Waals surface area contributed by atoms with Gasteiger partial charge in [-0.05, 0) is 13.3 Å². The number of ether oxygens (including phenoxy) is 1. The minimum Gasteiger partial charge on any atom is -0.481 e. The quantitative estimate of drug-likeness (QED) is 0.787. The van der Waals surface area contributed by atoms with Gasteiger partial charge in [0.25, 0.3) is 0 Å². The summed E-state index contributed by atoms with van der Waals surface area (Å²) in [5.74, 6) is 1.12. The Labute approximate surface area is 95.0 Å². The van der Waals surface area contributed by atoms with Crippen LogP contribution in [0.1, 0.15) is 19.0 Å². The Morgan fingerprint density at radius 2 is 2.27 bits per heavy atom. The summed E-state index contributed by atoms with van der Waals surface area (Å²) < 4.78 is 5.04. The maximum absolute atomic E-state index is 5.98. The Morgan fingerprint density at radius 1 is 1.53 bits per heavy atom. The first-order valence-corrected chi connectivity index (χ1v) is 5.37. The zero-order valence-corrected chi connectivity index (χ0v) is 10.0. The zero-order valence-electron chi connectivity index (χ0n) is 9.25. The van der Waals surface area contributed by atoms with Gasteiger partial charge in [-0.1, -0.05) is 6.92 Å². The molecule has 0 aliphatic rings. The van der Waals surface area contributed by atoms with Gasteiger partial charge in [0, 0.05) is 18.3 Å². The van der Waals surface area contributed by atoms with Crippen LogP contribution in [0.2, 0.25) is 0 Å². The molecule has 0 aliphatic carbocycles. The highest BCUT2D eigenvalue weighted by atomic mass is 35.5. The summed E-state index contributed by atoms with van der Waals surface area (Å²) in [5.41, 5.74) is 0.868. The number of aryl methyl sites for hydroxylation is 1. The Bertz CT molecular complexity index is 320. The summed E-state index contributed by atoms with van der Waals surface area (Å²) in [6.07, 6.45) is 0.914. The largest absolute Gasteiger partial charge is 0.481 e. The molecule has 84 valence electrons. The van der Waals surface area contributed by atoms with Crippen LogP contribution in [0.15, 0.2) is 6.07 Å². The molecule has 1 unspecified atom stereocenters. The number of aromatic nitrogens is 2. The van der Waals surface area contributed by atoms with Crippen molar-refractivity contribution in [1.82, 2.24) is 9.97 Å². The second-order valence-electron chi connectivity index (χ2n) is 3.26. The molecular weight excluding hydrogens is 214 g/mol. The maximum atomic E-state index is 5.98. The van der Waals surface area contributed by atoms with Gasteiger partial charge in [-0.15, -0.1) is 11.6 Å². The molecule has 1 aromatic heterocycles. The van der Waals surface area contributed by atoms with Gasteiger partial charge < -0.3 is 10.1 Å². The van der Waals surface area contributed by atoms with E-state index in [0.717, 1.165) is 12.1 Å². The van der Waals surface area contributed by atoms with Gasteiger partial charge in [0.2, 0.25) is 11.8 Å². The number of rotatable bonds is 5. The topological polar surface area (TPSA) is 47.0 Å². The maximum Gasteiger partial charge on any atom is 0.226 e. The van der Waals surface area contributed by atoms with E-state index in [1.54, 1.807) is 13.2 Å². The predicted molar refractivity (Wildman–Crippen MR) is 61.7 cm³/mol. The van der Waals surface area contributed by atoms with Crippen LogP contribution < -0.4 is 10.1 Å². The molecule has 0 amide bonds. The Balaban J connectivity index is 2.64. The SMILES string of the molecule is CCC(Cl)CNc1nc(C)cc(OC)n1. The molecule has 1 atom stereocenters. The van der Waals surface area contributed by atoms with Gasteiger partial charge in [0.1, 0.15) is 0 Å². The third-order valence-corrected chi connectivity index (χ3v) is 2.43. The minimum atomic E-state index is 0.0973. The number of halogens is 1. The van der Waals surface area contributed by atoms with E-state index in [-0.39, 0.29) is 5.38 Å². The number of alkyl halides is 1. The highest BCUT2D eigenvalue weighted by Crippen LogP contribution is 2.11. The van der Waals surface area contributed by atoms with E-state index in [1.165, 1.54) is 0 Å². The third-order valence-electron chi connectivity index (χ3n) is 1.96. The Hall–Kier alpha value is -1.03. The summed E-state index contributed by atoms with van der Waals surface area (Å²) in [5, 5.41) is 3.17. The van der Waals surface area contributed by atoms with Crippen LogP contribution in [0.25, 0.3) is 0 Å². The monoisotopic (exact) mass is 229 g/mol. The first-order chi connectivity index (χ1) is 7.15. The number of hydrogen-bond donors (Lipinski definition) is 1. The average molecular weight is 230 g/mol. The van der Waals surface area contributed by atoms with Crippen molar-refractivity contribution in [3.05, 3.63) is 11.8 Å². The summed E-state index contributed by atoms with van der Waals surface area (Å²) in [4.78, 5) is 8.38. The second-order valence-corrected chi connectivity index (χ2v) is 3.88. The van der Waals surface area contributed by atoms with Crippen LogP contribution >= 0.6 is 11.6 Å². The first-order valence-electron chi connectivity index (χ1n) is 4.93. The van der Waals surface area contributed by atoms with E-state index in [4.69, 9.17) is 16.3 Å². The van der Waals surface area contributed by atoms with Crippen molar-refractivity contribution in [3.63, 3.8) is 0 Å². The van der Waals surface area contributed by atoms with Crippen LogP contribution in [0.3, 0.4) is 0 Å². The molecule has 1 N–H and O–H groups in total. The molecule has 1 rings (SSSR count). The molecule has 1 aromatic rings. The molecule has 0 aliphatic heterocycles. The predicted octanol–water partition coefficient (Wildman–Crippen LogP) is 2.22. The molecule has 0 bridgehead atoms. The molecule has 0 saturated carbocycles. The van der Waals surface area contributed by atoms with Crippen LogP contribution in [0, 0.1) is 6.92 Å². The van der Waals surface area contributed by atoms with Crippen LogP contribution in [0.5, 0.6) is 5.88 Å². The van der Waals surface area contributed by atoms with Gasteiger partial charge in [-0.3, -0.25) is 0 Å². The van der Waals surface area contributed by atoms with E-state index < -0.39 is 0 Å². The average Bonchev–Trinajstić information content (AvgIpc) is 2.25. The molecular formula is C10H16ClN3O. The zero-order chi connectivity index (χ0) is 11.3. The highest BCUT2D eigenvalue weighted by molar-refractivity contribution is 6.20. The van der Waals surface area contributed by atoms with Crippen molar-refractivity contribution >= 4 is 17.5 Å². The molecule has 5 heteroatoms. The number of nitrogens with zero attached hydrogens (tertiary/aromatic N) is 2. The lowest BCUT2D eigenvalue weighted by Crippen LogP contribution is -2.15. The summed E-state index contributed by atoms with van der Waals surface area (Å²) in [6, 6.07) is 1.78. The smallest absolute Gasteiger partial charge is 0.226 e. The molecule has 0 spiro atoms. The minimum absolute atomic E-state index is 0.0973. The number of methoxy groups -OCH3 is 1. The van der Waals surface area contributed by atoms with E-state index in [2.05, 4.69) is 15.3 Å². The van der Waals surface area contributed by atoms with Gasteiger partial charge in [-0.25, -0.2) is 4.98 Å². The van der Waals surface area contributed by atoms with Crippen molar-refractivity contribution in [2.45, 2.75) is 25.6 Å². The Kier molecular flexibility index (Phi) is 4.62. The lowest BCUT2D eigenvalue weighted by Gasteiger charge is -2.09. The van der Waals surface area contributed by atoms with Crippen molar-refractivity contribution in [3.8, 4) is 5.88 Å². The van der Waals surface area contributed by atoms with E-state index in [0.29, 0.717) is 18.4 Å². The summed E-state index contributed by atoms with van der Waals surface area (Å²) in [7, 11) is 1.59. The van der Waals surface area contributed by atoms with Gasteiger partial charge in [0.15, 0.2) is 0 Å². The molecule has 0 saturated heterocycles. The van der Waals surface area contributed by atoms with Crippen molar-refractivity contribution in [2.24, 2.45) is 0 Å². The van der Waals surface area contributed by atoms with Crippen LogP contribution in [0.4, 0.5) is 5.95 Å². The number of hydrogen-bond acceptors (Lipinski definition) is 4. The van der Waals surface area contributed by atoms with E-state index in [9.17, 15) is 0 Å². The molecule has 0 radical (unpaired) electrons. The molecule has 15 heavy (non-hydrogen) atoms. The molecule has 1 heterocycles. The van der Waals surface area contributed by atoms with Crippen molar-refractivity contribution in [1.29, 1.82) is 0 Å². The third kappa shape index (κ3) is 3.91. The summed E-state index contributed by atoms with van der Waals surface area (Å²) >= 11 is 5.98. The molecule has 4 nitrogen and oxygen atoms in total. The lowest BCUT2D eigenvalue weighted by molar-refractivity contribution is 0.397. The lowest BCUT2D eigenvalue weighted by atomic mass is 10.3. The number of anilines is 1. The number of nitrogens with one attached hydrogen (secondary N) is 1. The van der Waals surface area contributed by atoms with Gasteiger partial charge in [-0.2, -0.15) is 4.98 Å². The first kappa shape index (κ1) is 12.0. The second kappa shape index (κ2) is 5.75. The van der Waals surface area contributed by atoms with E-state index >= 15 is 0 Å². The molecule has 0 fully saturated rings. The van der Waals surface area contributed by atoms with Gasteiger partial charge >= 0.3 is 0 Å². The van der Waals surface area contributed by atoms with E-state index in [1.807, 2.05) is 13.8 Å². The molecule has 0 aromatic carbocycles. The standard InChI is InChI=1S/C10H16ClN3O/c1-4-8(11)6-12-10-13-7(2)5-9(14-10)15-3/h5,8H,4,6H2,1-3H3,(H,12,13,14). The van der Waals surface area contributed by atoms with Crippen molar-refractivity contribution < 1.29 is 4.74 Å². The fourth-order valence-electron chi connectivity index (χ4n) is 1.07.